The fourth-order valence-electron chi connectivity index (χ4n) is 6.32. The molecule has 3 amide bonds. The molecule has 36 heavy (non-hydrogen) atoms. The number of amides is 3. The molecule has 178 valence electrons. The molecule has 0 unspecified atom stereocenters. The van der Waals surface area contributed by atoms with Crippen molar-refractivity contribution in [3.63, 3.8) is 0 Å². The number of halogens is 1. The minimum Gasteiger partial charge on any atom is -0.361 e. The van der Waals surface area contributed by atoms with Crippen LogP contribution in [0.1, 0.15) is 11.1 Å². The summed E-state index contributed by atoms with van der Waals surface area (Å²) in [5, 5.41) is 8.01. The Bertz CT molecular complexity index is 1580. The summed E-state index contributed by atoms with van der Waals surface area (Å²) in [6, 6.07) is 21.5. The number of aromatic nitrogens is 1. The van der Waals surface area contributed by atoms with Gasteiger partial charge in [0.05, 0.1) is 17.5 Å². The van der Waals surface area contributed by atoms with Gasteiger partial charge < -0.3 is 10.3 Å². The zero-order chi connectivity index (χ0) is 24.6. The molecule has 7 rings (SSSR count). The molecule has 4 aromatic rings. The van der Waals surface area contributed by atoms with Crippen molar-refractivity contribution in [2.24, 2.45) is 11.8 Å². The van der Waals surface area contributed by atoms with Gasteiger partial charge in [-0.15, -0.1) is 0 Å². The van der Waals surface area contributed by atoms with E-state index in [0.717, 1.165) is 16.5 Å². The van der Waals surface area contributed by atoms with Crippen molar-refractivity contribution in [1.29, 1.82) is 0 Å². The minimum absolute atomic E-state index is 0.306. The van der Waals surface area contributed by atoms with Crippen LogP contribution in [0.15, 0.2) is 79.0 Å². The second-order valence-corrected chi connectivity index (χ2v) is 10.1. The fraction of sp³-hybridized carbons (Fsp3) is 0.179. The van der Waals surface area contributed by atoms with E-state index in [2.05, 4.69) is 15.6 Å². The summed E-state index contributed by atoms with van der Waals surface area (Å²) >= 11 is 6.06. The van der Waals surface area contributed by atoms with Gasteiger partial charge in [0.15, 0.2) is 0 Å². The lowest BCUT2D eigenvalue weighted by atomic mass is 9.76. The van der Waals surface area contributed by atoms with Crippen LogP contribution in [0.25, 0.3) is 10.9 Å². The molecule has 4 atom stereocenters. The van der Waals surface area contributed by atoms with Crippen molar-refractivity contribution in [3.8, 4) is 0 Å². The molecule has 0 bridgehead atoms. The van der Waals surface area contributed by atoms with Gasteiger partial charge in [-0.1, -0.05) is 48.0 Å². The van der Waals surface area contributed by atoms with E-state index in [-0.39, 0.29) is 17.7 Å². The largest absolute Gasteiger partial charge is 0.361 e. The van der Waals surface area contributed by atoms with Crippen LogP contribution < -0.4 is 15.5 Å². The first-order valence-electron chi connectivity index (χ1n) is 11.9. The summed E-state index contributed by atoms with van der Waals surface area (Å²) < 4.78 is 0. The molecule has 0 aliphatic carbocycles. The Hall–Kier alpha value is -3.94. The van der Waals surface area contributed by atoms with Gasteiger partial charge in [0.1, 0.15) is 5.54 Å². The van der Waals surface area contributed by atoms with Crippen LogP contribution in [0.5, 0.6) is 0 Å². The lowest BCUT2D eigenvalue weighted by Crippen LogP contribution is -2.53. The van der Waals surface area contributed by atoms with E-state index in [0.29, 0.717) is 28.4 Å². The molecule has 2 fully saturated rings. The topological polar surface area (TPSA) is 94.3 Å². The molecule has 0 radical (unpaired) electrons. The molecule has 3 aromatic carbocycles. The number of anilines is 2. The van der Waals surface area contributed by atoms with Crippen LogP contribution in [0.4, 0.5) is 11.4 Å². The fourth-order valence-corrected chi connectivity index (χ4v) is 6.44. The van der Waals surface area contributed by atoms with E-state index in [1.54, 1.807) is 24.3 Å². The number of imide groups is 1. The van der Waals surface area contributed by atoms with Crippen LogP contribution in [0.2, 0.25) is 5.02 Å². The summed E-state index contributed by atoms with van der Waals surface area (Å²) in [7, 11) is 0. The highest BCUT2D eigenvalue weighted by molar-refractivity contribution is 6.31. The molecule has 0 saturated carbocycles. The number of nitrogens with zero attached hydrogens (tertiary/aromatic N) is 1. The number of H-pyrrole nitrogens is 1. The molecule has 7 nitrogen and oxygen atoms in total. The van der Waals surface area contributed by atoms with Crippen molar-refractivity contribution in [1.82, 2.24) is 10.3 Å². The number of carbonyl (C=O) groups excluding carboxylic acids is 3. The van der Waals surface area contributed by atoms with Gasteiger partial charge in [-0.2, -0.15) is 0 Å². The van der Waals surface area contributed by atoms with E-state index in [4.69, 9.17) is 11.6 Å². The van der Waals surface area contributed by atoms with E-state index in [9.17, 15) is 14.4 Å². The van der Waals surface area contributed by atoms with Crippen molar-refractivity contribution in [2.45, 2.75) is 18.0 Å². The number of rotatable bonds is 3. The van der Waals surface area contributed by atoms with Crippen molar-refractivity contribution < 1.29 is 14.4 Å². The van der Waals surface area contributed by atoms with Gasteiger partial charge in [-0.25, -0.2) is 4.90 Å². The number of carbonyl (C=O) groups is 3. The predicted molar refractivity (Wildman–Crippen MR) is 137 cm³/mol. The normalized spacial score (nSPS) is 26.6. The Balaban J connectivity index is 1.37. The van der Waals surface area contributed by atoms with Gasteiger partial charge in [0.2, 0.25) is 17.7 Å². The molecule has 3 N–H and O–H groups in total. The summed E-state index contributed by atoms with van der Waals surface area (Å²) in [6.45, 7) is 0. The second kappa shape index (κ2) is 7.53. The first-order valence-corrected chi connectivity index (χ1v) is 12.2. The third-order valence-corrected chi connectivity index (χ3v) is 8.07. The van der Waals surface area contributed by atoms with Crippen LogP contribution >= 0.6 is 11.6 Å². The highest BCUT2D eigenvalue weighted by Gasteiger charge is 2.70. The van der Waals surface area contributed by atoms with Gasteiger partial charge in [-0.3, -0.25) is 19.7 Å². The number of benzene rings is 3. The van der Waals surface area contributed by atoms with E-state index < -0.39 is 23.4 Å². The maximum Gasteiger partial charge on any atom is 0.250 e. The molecule has 4 heterocycles. The second-order valence-electron chi connectivity index (χ2n) is 9.61. The monoisotopic (exact) mass is 496 g/mol. The van der Waals surface area contributed by atoms with E-state index in [1.807, 2.05) is 54.7 Å². The van der Waals surface area contributed by atoms with Gasteiger partial charge in [-0.05, 0) is 48.4 Å². The number of nitrogens with one attached hydrogen (secondary N) is 3. The smallest absolute Gasteiger partial charge is 0.250 e. The zero-order valence-electron chi connectivity index (χ0n) is 19.0. The summed E-state index contributed by atoms with van der Waals surface area (Å²) in [4.78, 5) is 46.1. The average molecular weight is 497 g/mol. The lowest BCUT2D eigenvalue weighted by Gasteiger charge is -2.29. The number of aromatic amines is 1. The number of hydrogen-bond acceptors (Lipinski definition) is 4. The Morgan fingerprint density at radius 3 is 2.47 bits per heavy atom. The van der Waals surface area contributed by atoms with Crippen LogP contribution in [-0.4, -0.2) is 28.7 Å². The van der Waals surface area contributed by atoms with E-state index in [1.165, 1.54) is 4.90 Å². The van der Waals surface area contributed by atoms with E-state index >= 15 is 0 Å². The standard InChI is InChI=1S/C28H21ClN4O3/c29-16-9-11-17(12-10-16)33-25(34)23-22(13-15-14-30-20-7-3-1-5-18(15)20)32-28(24(23)26(33)35)19-6-2-4-8-21(19)31-27(28)36/h1-12,14,22-24,30,32H,13H2,(H,31,36)/t22-,23+,24-,28+/m0/s1. The summed E-state index contributed by atoms with van der Waals surface area (Å²) in [5.41, 5.74) is 2.51. The maximum atomic E-state index is 14.0. The van der Waals surface area contributed by atoms with Crippen LogP contribution in [0.3, 0.4) is 0 Å². The third-order valence-electron chi connectivity index (χ3n) is 7.82. The molecule has 8 heteroatoms. The van der Waals surface area contributed by atoms with Gasteiger partial charge in [0, 0.05) is 39.4 Å². The zero-order valence-corrected chi connectivity index (χ0v) is 19.8. The van der Waals surface area contributed by atoms with Crippen LogP contribution in [0, 0.1) is 11.8 Å². The Morgan fingerprint density at radius 2 is 1.64 bits per heavy atom. The molecule has 1 spiro atoms. The van der Waals surface area contributed by atoms with Crippen molar-refractivity contribution >= 4 is 51.6 Å². The molecular weight excluding hydrogens is 476 g/mol. The highest BCUT2D eigenvalue weighted by atomic mass is 35.5. The third kappa shape index (κ3) is 2.75. The number of para-hydroxylation sites is 2. The van der Waals surface area contributed by atoms with Crippen LogP contribution in [-0.2, 0) is 26.3 Å². The Labute approximate surface area is 211 Å². The average Bonchev–Trinajstić information content (AvgIpc) is 3.59. The molecule has 3 aliphatic heterocycles. The Kier molecular flexibility index (Phi) is 4.46. The number of fused-ring (bicyclic) bond motifs is 5. The summed E-state index contributed by atoms with van der Waals surface area (Å²) in [6.07, 6.45) is 2.42. The summed E-state index contributed by atoms with van der Waals surface area (Å²) in [5.74, 6) is -2.58. The molecule has 2 saturated heterocycles. The molecule has 3 aliphatic rings. The van der Waals surface area contributed by atoms with Gasteiger partial charge >= 0.3 is 0 Å². The van der Waals surface area contributed by atoms with Crippen molar-refractivity contribution in [2.75, 3.05) is 10.2 Å². The quantitative estimate of drug-likeness (QED) is 0.374. The predicted octanol–water partition coefficient (Wildman–Crippen LogP) is 3.99. The highest BCUT2D eigenvalue weighted by Crippen LogP contribution is 2.54. The first kappa shape index (κ1) is 21.4. The maximum absolute atomic E-state index is 14.0. The molecular formula is C28H21ClN4O3. The minimum atomic E-state index is -1.33. The lowest BCUT2D eigenvalue weighted by molar-refractivity contribution is -0.130. The van der Waals surface area contributed by atoms with Crippen molar-refractivity contribution in [3.05, 3.63) is 95.1 Å². The first-order chi connectivity index (χ1) is 17.5. The van der Waals surface area contributed by atoms with Gasteiger partial charge in [0.25, 0.3) is 0 Å². The Morgan fingerprint density at radius 1 is 0.889 bits per heavy atom. The molecule has 1 aromatic heterocycles. The SMILES string of the molecule is O=C1[C@@H]2[C@H](Cc3c[nH]c4ccccc34)N[C@@]3(C(=O)Nc4ccccc43)[C@@H]2C(=O)N1c1ccc(Cl)cc1. The number of hydrogen-bond donors (Lipinski definition) is 3.